The lowest BCUT2D eigenvalue weighted by molar-refractivity contribution is 0.340. The highest BCUT2D eigenvalue weighted by Crippen LogP contribution is 2.13. The van der Waals surface area contributed by atoms with E-state index in [0.717, 1.165) is 30.4 Å². The fourth-order valence-electron chi connectivity index (χ4n) is 1.58. The number of guanidine groups is 1. The molecule has 18 heavy (non-hydrogen) atoms. The SMILES string of the molecule is CCNC(=NCc1cccc(OCC)c1)NCC. The van der Waals surface area contributed by atoms with Crippen LogP contribution in [0.2, 0.25) is 0 Å². The van der Waals surface area contributed by atoms with Crippen molar-refractivity contribution in [3.05, 3.63) is 29.8 Å². The fraction of sp³-hybridized carbons (Fsp3) is 0.500. The zero-order chi connectivity index (χ0) is 13.2. The highest BCUT2D eigenvalue weighted by atomic mass is 16.5. The highest BCUT2D eigenvalue weighted by molar-refractivity contribution is 5.79. The van der Waals surface area contributed by atoms with Crippen molar-refractivity contribution in [1.82, 2.24) is 10.6 Å². The summed E-state index contributed by atoms with van der Waals surface area (Å²) in [6.07, 6.45) is 0. The van der Waals surface area contributed by atoms with Gasteiger partial charge in [0.1, 0.15) is 5.75 Å². The minimum absolute atomic E-state index is 0.649. The van der Waals surface area contributed by atoms with E-state index < -0.39 is 0 Å². The van der Waals surface area contributed by atoms with Gasteiger partial charge < -0.3 is 15.4 Å². The first-order valence-corrected chi connectivity index (χ1v) is 6.54. The van der Waals surface area contributed by atoms with Gasteiger partial charge in [-0.05, 0) is 38.5 Å². The molecule has 0 aliphatic rings. The summed E-state index contributed by atoms with van der Waals surface area (Å²) >= 11 is 0. The number of ether oxygens (including phenoxy) is 1. The third kappa shape index (κ3) is 5.08. The van der Waals surface area contributed by atoms with Crippen LogP contribution in [0.3, 0.4) is 0 Å². The van der Waals surface area contributed by atoms with Crippen LogP contribution in [-0.2, 0) is 6.54 Å². The number of hydrogen-bond acceptors (Lipinski definition) is 2. The predicted molar refractivity (Wildman–Crippen MR) is 76.1 cm³/mol. The van der Waals surface area contributed by atoms with E-state index >= 15 is 0 Å². The van der Waals surface area contributed by atoms with Crippen molar-refractivity contribution in [1.29, 1.82) is 0 Å². The summed E-state index contributed by atoms with van der Waals surface area (Å²) in [6.45, 7) is 9.17. The maximum Gasteiger partial charge on any atom is 0.191 e. The van der Waals surface area contributed by atoms with E-state index in [1.54, 1.807) is 0 Å². The molecule has 100 valence electrons. The third-order valence-corrected chi connectivity index (χ3v) is 2.32. The molecule has 0 spiro atoms. The van der Waals surface area contributed by atoms with Gasteiger partial charge in [0.2, 0.25) is 0 Å². The molecule has 0 saturated carbocycles. The summed E-state index contributed by atoms with van der Waals surface area (Å²) in [5.74, 6) is 1.75. The molecule has 0 bridgehead atoms. The Morgan fingerprint density at radius 3 is 2.50 bits per heavy atom. The van der Waals surface area contributed by atoms with Crippen molar-refractivity contribution in [3.8, 4) is 5.75 Å². The molecule has 0 atom stereocenters. The Hall–Kier alpha value is -1.71. The van der Waals surface area contributed by atoms with Crippen LogP contribution in [0.1, 0.15) is 26.3 Å². The van der Waals surface area contributed by atoms with Gasteiger partial charge in [0, 0.05) is 13.1 Å². The molecule has 2 N–H and O–H groups in total. The molecule has 1 aromatic rings. The summed E-state index contributed by atoms with van der Waals surface area (Å²) in [5.41, 5.74) is 1.15. The molecule has 0 heterocycles. The summed E-state index contributed by atoms with van der Waals surface area (Å²) < 4.78 is 5.47. The molecule has 4 heteroatoms. The monoisotopic (exact) mass is 249 g/mol. The molecule has 0 unspecified atom stereocenters. The van der Waals surface area contributed by atoms with Crippen molar-refractivity contribution < 1.29 is 4.74 Å². The molecule has 1 rings (SSSR count). The summed E-state index contributed by atoms with van der Waals surface area (Å²) in [7, 11) is 0. The largest absolute Gasteiger partial charge is 0.494 e. The number of benzene rings is 1. The van der Waals surface area contributed by atoms with Gasteiger partial charge in [-0.2, -0.15) is 0 Å². The lowest BCUT2D eigenvalue weighted by atomic mass is 10.2. The van der Waals surface area contributed by atoms with Gasteiger partial charge in [0.05, 0.1) is 13.2 Å². The van der Waals surface area contributed by atoms with Gasteiger partial charge in [-0.1, -0.05) is 12.1 Å². The smallest absolute Gasteiger partial charge is 0.191 e. The van der Waals surface area contributed by atoms with Crippen LogP contribution in [0.15, 0.2) is 29.3 Å². The highest BCUT2D eigenvalue weighted by Gasteiger charge is 1.97. The van der Waals surface area contributed by atoms with Crippen molar-refractivity contribution >= 4 is 5.96 Å². The van der Waals surface area contributed by atoms with Crippen LogP contribution < -0.4 is 15.4 Å². The molecule has 0 aliphatic heterocycles. The zero-order valence-electron chi connectivity index (χ0n) is 11.5. The Morgan fingerprint density at radius 2 is 1.89 bits per heavy atom. The van der Waals surface area contributed by atoms with Crippen LogP contribution >= 0.6 is 0 Å². The molecule has 0 saturated heterocycles. The van der Waals surface area contributed by atoms with E-state index in [4.69, 9.17) is 4.74 Å². The first kappa shape index (κ1) is 14.4. The fourth-order valence-corrected chi connectivity index (χ4v) is 1.58. The van der Waals surface area contributed by atoms with Crippen LogP contribution in [0.4, 0.5) is 0 Å². The standard InChI is InChI=1S/C14H23N3O/c1-4-15-14(16-5-2)17-11-12-8-7-9-13(10-12)18-6-3/h7-10H,4-6,11H2,1-3H3,(H2,15,16,17). The quantitative estimate of drug-likeness (QED) is 0.600. The first-order valence-electron chi connectivity index (χ1n) is 6.54. The first-order chi connectivity index (χ1) is 8.80. The average Bonchev–Trinajstić information content (AvgIpc) is 2.37. The molecule has 0 amide bonds. The van der Waals surface area contributed by atoms with Gasteiger partial charge >= 0.3 is 0 Å². The maximum absolute atomic E-state index is 5.47. The molecule has 0 radical (unpaired) electrons. The summed E-state index contributed by atoms with van der Waals surface area (Å²) in [6, 6.07) is 8.05. The molecular weight excluding hydrogens is 226 g/mol. The zero-order valence-corrected chi connectivity index (χ0v) is 11.5. The van der Waals surface area contributed by atoms with Crippen molar-refractivity contribution in [3.63, 3.8) is 0 Å². The van der Waals surface area contributed by atoms with Crippen molar-refractivity contribution in [2.75, 3.05) is 19.7 Å². The second-order valence-electron chi connectivity index (χ2n) is 3.81. The van der Waals surface area contributed by atoms with Crippen LogP contribution in [-0.4, -0.2) is 25.7 Å². The Balaban J connectivity index is 2.64. The van der Waals surface area contributed by atoms with E-state index in [-0.39, 0.29) is 0 Å². The molecule has 1 aromatic carbocycles. The molecule has 0 fully saturated rings. The molecule has 0 aromatic heterocycles. The minimum atomic E-state index is 0.649. The van der Waals surface area contributed by atoms with Gasteiger partial charge in [-0.3, -0.25) is 0 Å². The van der Waals surface area contributed by atoms with Crippen LogP contribution in [0.5, 0.6) is 5.75 Å². The summed E-state index contributed by atoms with van der Waals surface area (Å²) in [5, 5.41) is 6.40. The topological polar surface area (TPSA) is 45.7 Å². The van der Waals surface area contributed by atoms with Crippen LogP contribution in [0, 0.1) is 0 Å². The van der Waals surface area contributed by atoms with E-state index in [2.05, 4.69) is 35.5 Å². The Kier molecular flexibility index (Phi) is 6.69. The van der Waals surface area contributed by atoms with Gasteiger partial charge in [0.15, 0.2) is 5.96 Å². The van der Waals surface area contributed by atoms with Gasteiger partial charge in [-0.25, -0.2) is 4.99 Å². The Bertz CT molecular complexity index is 369. The predicted octanol–water partition coefficient (Wildman–Crippen LogP) is 2.16. The number of aliphatic imine (C=N–C) groups is 1. The number of nitrogens with zero attached hydrogens (tertiary/aromatic N) is 1. The molecular formula is C14H23N3O. The van der Waals surface area contributed by atoms with E-state index in [1.165, 1.54) is 0 Å². The molecule has 0 aliphatic carbocycles. The van der Waals surface area contributed by atoms with Crippen molar-refractivity contribution in [2.45, 2.75) is 27.3 Å². The van der Waals surface area contributed by atoms with E-state index in [1.807, 2.05) is 25.1 Å². The molecule has 4 nitrogen and oxygen atoms in total. The minimum Gasteiger partial charge on any atom is -0.494 e. The second-order valence-corrected chi connectivity index (χ2v) is 3.81. The third-order valence-electron chi connectivity index (χ3n) is 2.32. The van der Waals surface area contributed by atoms with E-state index in [9.17, 15) is 0 Å². The number of rotatable bonds is 6. The lowest BCUT2D eigenvalue weighted by Crippen LogP contribution is -2.36. The Morgan fingerprint density at radius 1 is 1.17 bits per heavy atom. The lowest BCUT2D eigenvalue weighted by Gasteiger charge is -2.09. The Labute approximate surface area is 109 Å². The van der Waals surface area contributed by atoms with Crippen LogP contribution in [0.25, 0.3) is 0 Å². The number of nitrogens with one attached hydrogen (secondary N) is 2. The van der Waals surface area contributed by atoms with Crippen molar-refractivity contribution in [2.24, 2.45) is 4.99 Å². The second kappa shape index (κ2) is 8.39. The maximum atomic E-state index is 5.47. The normalized spacial score (nSPS) is 9.72. The van der Waals surface area contributed by atoms with E-state index in [0.29, 0.717) is 13.2 Å². The summed E-state index contributed by atoms with van der Waals surface area (Å²) in [4.78, 5) is 4.51. The number of hydrogen-bond donors (Lipinski definition) is 2. The van der Waals surface area contributed by atoms with Gasteiger partial charge in [-0.15, -0.1) is 0 Å². The average molecular weight is 249 g/mol. The van der Waals surface area contributed by atoms with Gasteiger partial charge in [0.25, 0.3) is 0 Å².